The van der Waals surface area contributed by atoms with E-state index in [2.05, 4.69) is 15.2 Å². The Hall–Kier alpha value is -2.75. The van der Waals surface area contributed by atoms with Gasteiger partial charge in [-0.1, -0.05) is 5.16 Å². The van der Waals surface area contributed by atoms with Crippen LogP contribution in [0.4, 0.5) is 13.2 Å². The van der Waals surface area contributed by atoms with Gasteiger partial charge >= 0.3 is 6.18 Å². The van der Waals surface area contributed by atoms with Crippen molar-refractivity contribution in [3.05, 3.63) is 30.0 Å². The predicted octanol–water partition coefficient (Wildman–Crippen LogP) is 3.06. The van der Waals surface area contributed by atoms with Gasteiger partial charge in [0.1, 0.15) is 18.1 Å². The fraction of sp³-hybridized carbons (Fsp3) is 0.412. The molecule has 0 bridgehead atoms. The second-order valence-electron chi connectivity index (χ2n) is 5.65. The standard InChI is InChI=1S/C17H19F3N2O5/c1-10(8-26-9-17(18,19)20)21-16(23)13-7-15(27-22-13)12-6-11(24-2)4-5-14(12)25-3/h4-7,10H,8-9H2,1-3H3,(H,21,23). The van der Waals surface area contributed by atoms with Crippen LogP contribution in [0.5, 0.6) is 11.5 Å². The molecule has 0 fully saturated rings. The summed E-state index contributed by atoms with van der Waals surface area (Å²) in [6.45, 7) is -0.156. The van der Waals surface area contributed by atoms with Gasteiger partial charge < -0.3 is 24.1 Å². The first-order chi connectivity index (χ1) is 12.7. The summed E-state index contributed by atoms with van der Waals surface area (Å²) in [4.78, 5) is 12.2. The van der Waals surface area contributed by atoms with Gasteiger partial charge in [-0.15, -0.1) is 0 Å². The summed E-state index contributed by atoms with van der Waals surface area (Å²) in [5.74, 6) is 0.725. The minimum Gasteiger partial charge on any atom is -0.497 e. The molecule has 1 aromatic heterocycles. The quantitative estimate of drug-likeness (QED) is 0.749. The van der Waals surface area contributed by atoms with Crippen molar-refractivity contribution < 1.29 is 36.7 Å². The molecular formula is C17H19F3N2O5. The monoisotopic (exact) mass is 388 g/mol. The third-order valence-electron chi connectivity index (χ3n) is 3.43. The molecule has 0 saturated carbocycles. The molecule has 10 heteroatoms. The lowest BCUT2D eigenvalue weighted by Gasteiger charge is -2.14. The van der Waals surface area contributed by atoms with Gasteiger partial charge in [0.25, 0.3) is 5.91 Å². The van der Waals surface area contributed by atoms with E-state index in [1.165, 1.54) is 27.2 Å². The van der Waals surface area contributed by atoms with Gasteiger partial charge in [-0.3, -0.25) is 4.79 Å². The van der Waals surface area contributed by atoms with E-state index < -0.39 is 24.7 Å². The molecule has 0 saturated heterocycles. The maximum Gasteiger partial charge on any atom is 0.411 e. The molecule has 148 valence electrons. The Bertz CT molecular complexity index is 776. The first-order valence-electron chi connectivity index (χ1n) is 7.88. The Morgan fingerprint density at radius 2 is 2.00 bits per heavy atom. The summed E-state index contributed by atoms with van der Waals surface area (Å²) in [6, 6.07) is 5.79. The Morgan fingerprint density at radius 3 is 2.63 bits per heavy atom. The van der Waals surface area contributed by atoms with Crippen molar-refractivity contribution >= 4 is 5.91 Å². The largest absolute Gasteiger partial charge is 0.497 e. The average Bonchev–Trinajstić information content (AvgIpc) is 3.10. The molecule has 0 aliphatic carbocycles. The van der Waals surface area contributed by atoms with Crippen LogP contribution in [0, 0.1) is 0 Å². The normalized spacial score (nSPS) is 12.5. The van der Waals surface area contributed by atoms with E-state index in [-0.39, 0.29) is 18.1 Å². The molecule has 0 spiro atoms. The van der Waals surface area contributed by atoms with Crippen LogP contribution < -0.4 is 14.8 Å². The Kier molecular flexibility index (Phi) is 6.67. The maximum absolute atomic E-state index is 12.2. The summed E-state index contributed by atoms with van der Waals surface area (Å²) in [6.07, 6.45) is -4.42. The van der Waals surface area contributed by atoms with E-state index in [0.29, 0.717) is 17.1 Å². The molecule has 0 aliphatic heterocycles. The first kappa shape index (κ1) is 20.6. The van der Waals surface area contributed by atoms with Crippen LogP contribution >= 0.6 is 0 Å². The summed E-state index contributed by atoms with van der Waals surface area (Å²) < 4.78 is 56.3. The van der Waals surface area contributed by atoms with Crippen LogP contribution in [-0.4, -0.2) is 50.7 Å². The molecule has 0 aliphatic rings. The SMILES string of the molecule is COc1ccc(OC)c(-c2cc(C(=O)NC(C)COCC(F)(F)F)no2)c1. The molecular weight excluding hydrogens is 369 g/mol. The summed E-state index contributed by atoms with van der Waals surface area (Å²) >= 11 is 0. The van der Waals surface area contributed by atoms with Crippen molar-refractivity contribution in [3.8, 4) is 22.8 Å². The lowest BCUT2D eigenvalue weighted by molar-refractivity contribution is -0.174. The molecule has 1 aromatic carbocycles. The zero-order valence-electron chi connectivity index (χ0n) is 14.9. The van der Waals surface area contributed by atoms with Crippen LogP contribution in [-0.2, 0) is 4.74 Å². The maximum atomic E-state index is 12.2. The van der Waals surface area contributed by atoms with E-state index in [0.717, 1.165) is 0 Å². The number of carbonyl (C=O) groups is 1. The Morgan fingerprint density at radius 1 is 1.26 bits per heavy atom. The summed E-state index contributed by atoms with van der Waals surface area (Å²) in [5.41, 5.74) is 0.502. The van der Waals surface area contributed by atoms with E-state index in [1.807, 2.05) is 0 Å². The number of carbonyl (C=O) groups excluding carboxylic acids is 1. The third kappa shape index (κ3) is 5.88. The smallest absolute Gasteiger partial charge is 0.411 e. The highest BCUT2D eigenvalue weighted by Gasteiger charge is 2.28. The number of nitrogens with one attached hydrogen (secondary N) is 1. The summed E-state index contributed by atoms with van der Waals surface area (Å²) in [7, 11) is 2.99. The second kappa shape index (κ2) is 8.76. The van der Waals surface area contributed by atoms with Gasteiger partial charge in [0.2, 0.25) is 0 Å². The van der Waals surface area contributed by atoms with E-state index >= 15 is 0 Å². The molecule has 27 heavy (non-hydrogen) atoms. The number of hydrogen-bond donors (Lipinski definition) is 1. The zero-order chi connectivity index (χ0) is 20.0. The van der Waals surface area contributed by atoms with Crippen LogP contribution in [0.2, 0.25) is 0 Å². The van der Waals surface area contributed by atoms with Crippen LogP contribution in [0.25, 0.3) is 11.3 Å². The average molecular weight is 388 g/mol. The predicted molar refractivity (Wildman–Crippen MR) is 88.8 cm³/mol. The molecule has 1 atom stereocenters. The van der Waals surface area contributed by atoms with Crippen molar-refractivity contribution in [2.24, 2.45) is 0 Å². The molecule has 1 amide bonds. The van der Waals surface area contributed by atoms with Gasteiger partial charge in [-0.05, 0) is 25.1 Å². The van der Waals surface area contributed by atoms with Gasteiger partial charge in [0, 0.05) is 12.1 Å². The summed E-state index contributed by atoms with van der Waals surface area (Å²) in [5, 5.41) is 6.18. The van der Waals surface area contributed by atoms with Crippen molar-refractivity contribution in [1.29, 1.82) is 0 Å². The molecule has 7 nitrogen and oxygen atoms in total. The van der Waals surface area contributed by atoms with E-state index in [4.69, 9.17) is 14.0 Å². The number of nitrogens with zero attached hydrogens (tertiary/aromatic N) is 1. The number of methoxy groups -OCH3 is 2. The molecule has 0 radical (unpaired) electrons. The Balaban J connectivity index is 2.04. The van der Waals surface area contributed by atoms with Gasteiger partial charge in [-0.2, -0.15) is 13.2 Å². The number of ether oxygens (including phenoxy) is 3. The van der Waals surface area contributed by atoms with Crippen molar-refractivity contribution in [2.75, 3.05) is 27.4 Å². The zero-order valence-corrected chi connectivity index (χ0v) is 14.9. The van der Waals surface area contributed by atoms with Gasteiger partial charge in [0.05, 0.1) is 26.4 Å². The number of alkyl halides is 3. The van der Waals surface area contributed by atoms with E-state index in [9.17, 15) is 18.0 Å². The van der Waals surface area contributed by atoms with E-state index in [1.54, 1.807) is 18.2 Å². The number of halogens is 3. The number of hydrogen-bond acceptors (Lipinski definition) is 6. The lowest BCUT2D eigenvalue weighted by Crippen LogP contribution is -2.37. The number of benzene rings is 1. The number of amides is 1. The van der Waals surface area contributed by atoms with Crippen LogP contribution in [0.3, 0.4) is 0 Å². The lowest BCUT2D eigenvalue weighted by atomic mass is 10.1. The fourth-order valence-corrected chi connectivity index (χ4v) is 2.21. The minimum absolute atomic E-state index is 0.0301. The van der Waals surface area contributed by atoms with Crippen LogP contribution in [0.1, 0.15) is 17.4 Å². The molecule has 1 N–H and O–H groups in total. The first-order valence-corrected chi connectivity index (χ1v) is 7.88. The highest BCUT2D eigenvalue weighted by Crippen LogP contribution is 2.33. The highest BCUT2D eigenvalue weighted by molar-refractivity contribution is 5.93. The van der Waals surface area contributed by atoms with Crippen molar-refractivity contribution in [1.82, 2.24) is 10.5 Å². The number of aromatic nitrogens is 1. The fourth-order valence-electron chi connectivity index (χ4n) is 2.21. The van der Waals surface area contributed by atoms with Crippen molar-refractivity contribution in [3.63, 3.8) is 0 Å². The highest BCUT2D eigenvalue weighted by atomic mass is 19.4. The molecule has 2 rings (SSSR count). The van der Waals surface area contributed by atoms with Crippen molar-refractivity contribution in [2.45, 2.75) is 19.1 Å². The topological polar surface area (TPSA) is 82.8 Å². The Labute approximate surface area is 153 Å². The molecule has 2 aromatic rings. The minimum atomic E-state index is -4.42. The second-order valence-corrected chi connectivity index (χ2v) is 5.65. The molecule has 1 heterocycles. The van der Waals surface area contributed by atoms with Gasteiger partial charge in [0.15, 0.2) is 11.5 Å². The molecule has 1 unspecified atom stereocenters. The van der Waals surface area contributed by atoms with Crippen LogP contribution in [0.15, 0.2) is 28.8 Å². The number of rotatable bonds is 8. The van der Waals surface area contributed by atoms with Gasteiger partial charge in [-0.25, -0.2) is 0 Å². The third-order valence-corrected chi connectivity index (χ3v) is 3.43.